The van der Waals surface area contributed by atoms with Crippen molar-refractivity contribution >= 4 is 23.6 Å². The van der Waals surface area contributed by atoms with Crippen LogP contribution in [0.5, 0.6) is 0 Å². The van der Waals surface area contributed by atoms with Crippen LogP contribution in [0.4, 0.5) is 14.9 Å². The van der Waals surface area contributed by atoms with Crippen molar-refractivity contribution in [3.63, 3.8) is 0 Å². The molecule has 0 aliphatic rings. The smallest absolute Gasteiger partial charge is 0.319 e. The molecule has 0 atom stereocenters. The van der Waals surface area contributed by atoms with Crippen molar-refractivity contribution < 1.29 is 23.5 Å². The Morgan fingerprint density at radius 1 is 0.926 bits per heavy atom. The van der Waals surface area contributed by atoms with Gasteiger partial charge in [0, 0.05) is 18.8 Å². The maximum Gasteiger partial charge on any atom is 0.319 e. The Balaban J connectivity index is 1.56. The van der Waals surface area contributed by atoms with E-state index in [-0.39, 0.29) is 25.3 Å². The van der Waals surface area contributed by atoms with Gasteiger partial charge in [-0.3, -0.25) is 9.59 Å². The fraction of sp³-hybridized carbons (Fsp3) is 0.211. The van der Waals surface area contributed by atoms with Gasteiger partial charge < -0.3 is 20.7 Å². The molecule has 3 amide bonds. The van der Waals surface area contributed by atoms with E-state index in [2.05, 4.69) is 16.0 Å². The topological polar surface area (TPSA) is 96.5 Å². The van der Waals surface area contributed by atoms with Crippen LogP contribution in [0.2, 0.25) is 0 Å². The number of carbonyl (C=O) groups is 3. The third-order valence-electron chi connectivity index (χ3n) is 3.41. The molecule has 0 unspecified atom stereocenters. The average molecular weight is 373 g/mol. The van der Waals surface area contributed by atoms with E-state index in [4.69, 9.17) is 4.74 Å². The van der Waals surface area contributed by atoms with Crippen LogP contribution in [0.25, 0.3) is 0 Å². The van der Waals surface area contributed by atoms with E-state index in [0.717, 1.165) is 5.56 Å². The monoisotopic (exact) mass is 373 g/mol. The molecule has 0 saturated heterocycles. The normalized spacial score (nSPS) is 9.96. The third kappa shape index (κ3) is 8.00. The molecule has 3 N–H and O–H groups in total. The number of hydrogen-bond donors (Lipinski definition) is 3. The first-order chi connectivity index (χ1) is 13.0. The lowest BCUT2D eigenvalue weighted by molar-refractivity contribution is -0.148. The van der Waals surface area contributed by atoms with Gasteiger partial charge in [0.2, 0.25) is 0 Å². The van der Waals surface area contributed by atoms with Crippen LogP contribution in [-0.4, -0.2) is 31.1 Å². The molecule has 0 bridgehead atoms. The van der Waals surface area contributed by atoms with Crippen molar-refractivity contribution in [2.75, 3.05) is 18.5 Å². The van der Waals surface area contributed by atoms with Gasteiger partial charge in [-0.15, -0.1) is 0 Å². The molecule has 2 aromatic rings. The summed E-state index contributed by atoms with van der Waals surface area (Å²) in [7, 11) is 0. The number of benzene rings is 2. The molecule has 0 aromatic heterocycles. The number of ether oxygens (including phenoxy) is 1. The highest BCUT2D eigenvalue weighted by atomic mass is 19.1. The molecule has 0 heterocycles. The van der Waals surface area contributed by atoms with Crippen LogP contribution in [0.15, 0.2) is 54.6 Å². The SMILES string of the molecule is O=C(COC(=O)CCNC(=O)Nc1ccccc1)NCc1ccc(F)cc1. The molecular weight excluding hydrogens is 353 g/mol. The fourth-order valence-corrected chi connectivity index (χ4v) is 2.05. The molecule has 0 aliphatic carbocycles. The van der Waals surface area contributed by atoms with E-state index in [1.165, 1.54) is 12.1 Å². The summed E-state index contributed by atoms with van der Waals surface area (Å²) in [6.45, 7) is -0.136. The maximum absolute atomic E-state index is 12.8. The van der Waals surface area contributed by atoms with Gasteiger partial charge in [-0.1, -0.05) is 30.3 Å². The number of rotatable bonds is 8. The van der Waals surface area contributed by atoms with E-state index in [1.54, 1.807) is 36.4 Å². The van der Waals surface area contributed by atoms with Gasteiger partial charge in [0.05, 0.1) is 6.42 Å². The second-order valence-electron chi connectivity index (χ2n) is 5.56. The van der Waals surface area contributed by atoms with Gasteiger partial charge in [0.1, 0.15) is 5.82 Å². The van der Waals surface area contributed by atoms with Crippen molar-refractivity contribution in [3.05, 3.63) is 66.0 Å². The van der Waals surface area contributed by atoms with Gasteiger partial charge in [-0.2, -0.15) is 0 Å². The summed E-state index contributed by atoms with van der Waals surface area (Å²) in [6.07, 6.45) is -0.0621. The number of halogens is 1. The first-order valence-corrected chi connectivity index (χ1v) is 8.29. The molecule has 0 saturated carbocycles. The van der Waals surface area contributed by atoms with Gasteiger partial charge in [-0.05, 0) is 29.8 Å². The predicted molar refractivity (Wildman–Crippen MR) is 97.3 cm³/mol. The number of amides is 3. The number of carbonyl (C=O) groups excluding carboxylic acids is 3. The van der Waals surface area contributed by atoms with Crippen LogP contribution < -0.4 is 16.0 Å². The quantitative estimate of drug-likeness (QED) is 0.618. The zero-order chi connectivity index (χ0) is 19.5. The van der Waals surface area contributed by atoms with Crippen LogP contribution in [-0.2, 0) is 20.9 Å². The number of esters is 1. The molecule has 27 heavy (non-hydrogen) atoms. The van der Waals surface area contributed by atoms with E-state index < -0.39 is 24.5 Å². The molecule has 142 valence electrons. The van der Waals surface area contributed by atoms with Crippen molar-refractivity contribution in [1.82, 2.24) is 10.6 Å². The first-order valence-electron chi connectivity index (χ1n) is 8.29. The zero-order valence-corrected chi connectivity index (χ0v) is 14.5. The second-order valence-corrected chi connectivity index (χ2v) is 5.56. The fourth-order valence-electron chi connectivity index (χ4n) is 2.05. The Morgan fingerprint density at radius 3 is 2.33 bits per heavy atom. The molecular formula is C19H20FN3O4. The van der Waals surface area contributed by atoms with E-state index >= 15 is 0 Å². The summed E-state index contributed by atoms with van der Waals surface area (Å²) in [5.74, 6) is -1.43. The number of anilines is 1. The molecule has 7 nitrogen and oxygen atoms in total. The minimum atomic E-state index is -0.605. The molecule has 0 aliphatic heterocycles. The van der Waals surface area contributed by atoms with Gasteiger partial charge >= 0.3 is 12.0 Å². The second kappa shape index (κ2) is 10.5. The standard InChI is InChI=1S/C19H20FN3O4/c20-15-8-6-14(7-9-15)12-22-17(24)13-27-18(25)10-11-21-19(26)23-16-4-2-1-3-5-16/h1-9H,10-13H2,(H,22,24)(H2,21,23,26). The molecule has 0 fully saturated rings. The highest BCUT2D eigenvalue weighted by Crippen LogP contribution is 2.04. The van der Waals surface area contributed by atoms with Crippen molar-refractivity contribution in [2.45, 2.75) is 13.0 Å². The van der Waals surface area contributed by atoms with Gasteiger partial charge in [-0.25, -0.2) is 9.18 Å². The van der Waals surface area contributed by atoms with Crippen LogP contribution in [0.3, 0.4) is 0 Å². The van der Waals surface area contributed by atoms with Crippen LogP contribution in [0.1, 0.15) is 12.0 Å². The highest BCUT2D eigenvalue weighted by Gasteiger charge is 2.08. The Kier molecular flexibility index (Phi) is 7.77. The van der Waals surface area contributed by atoms with Crippen LogP contribution >= 0.6 is 0 Å². The minimum absolute atomic E-state index is 0.0621. The van der Waals surface area contributed by atoms with E-state index in [1.807, 2.05) is 6.07 Å². The largest absolute Gasteiger partial charge is 0.456 e. The summed E-state index contributed by atoms with van der Waals surface area (Å²) in [6, 6.07) is 14.1. The number of para-hydroxylation sites is 1. The number of nitrogens with one attached hydrogen (secondary N) is 3. The maximum atomic E-state index is 12.8. The lowest BCUT2D eigenvalue weighted by Gasteiger charge is -2.08. The lowest BCUT2D eigenvalue weighted by atomic mass is 10.2. The minimum Gasteiger partial charge on any atom is -0.456 e. The van der Waals surface area contributed by atoms with Crippen molar-refractivity contribution in [3.8, 4) is 0 Å². The van der Waals surface area contributed by atoms with Gasteiger partial charge in [0.25, 0.3) is 5.91 Å². The zero-order valence-electron chi connectivity index (χ0n) is 14.5. The average Bonchev–Trinajstić information content (AvgIpc) is 2.66. The summed E-state index contributed by atoms with van der Waals surface area (Å²) < 4.78 is 17.6. The van der Waals surface area contributed by atoms with Crippen molar-refractivity contribution in [1.29, 1.82) is 0 Å². The first kappa shape index (κ1) is 19.9. The third-order valence-corrected chi connectivity index (χ3v) is 3.41. The molecule has 0 radical (unpaired) electrons. The molecule has 2 rings (SSSR count). The van der Waals surface area contributed by atoms with Gasteiger partial charge in [0.15, 0.2) is 6.61 Å². The Hall–Kier alpha value is -3.42. The summed E-state index contributed by atoms with van der Waals surface area (Å²) >= 11 is 0. The van der Waals surface area contributed by atoms with Crippen LogP contribution in [0, 0.1) is 5.82 Å². The Bertz CT molecular complexity index is 766. The number of hydrogen-bond acceptors (Lipinski definition) is 4. The lowest BCUT2D eigenvalue weighted by Crippen LogP contribution is -2.32. The summed E-state index contributed by atoms with van der Waals surface area (Å²) in [4.78, 5) is 34.9. The number of urea groups is 1. The predicted octanol–water partition coefficient (Wildman–Crippen LogP) is 2.20. The highest BCUT2D eigenvalue weighted by molar-refractivity contribution is 5.89. The van der Waals surface area contributed by atoms with Crippen molar-refractivity contribution in [2.24, 2.45) is 0 Å². The molecule has 0 spiro atoms. The Morgan fingerprint density at radius 2 is 1.63 bits per heavy atom. The summed E-state index contributed by atoms with van der Waals surface area (Å²) in [5.41, 5.74) is 1.36. The van der Waals surface area contributed by atoms with E-state index in [0.29, 0.717) is 5.69 Å². The molecule has 8 heteroatoms. The summed E-state index contributed by atoms with van der Waals surface area (Å²) in [5, 5.41) is 7.69. The Labute approximate surface area is 155 Å². The molecule has 2 aromatic carbocycles. The van der Waals surface area contributed by atoms with E-state index in [9.17, 15) is 18.8 Å².